The molecule has 1 heterocycles. The lowest BCUT2D eigenvalue weighted by Crippen LogP contribution is -2.26. The second-order valence-corrected chi connectivity index (χ2v) is 7.19. The molecule has 0 bridgehead atoms. The van der Waals surface area contributed by atoms with Gasteiger partial charge in [0.2, 0.25) is 0 Å². The van der Waals surface area contributed by atoms with E-state index < -0.39 is 10.8 Å². The van der Waals surface area contributed by atoms with Gasteiger partial charge in [0.15, 0.2) is 5.13 Å². The zero-order chi connectivity index (χ0) is 20.4. The maximum absolute atomic E-state index is 13.2. The Hall–Kier alpha value is -3.78. The Morgan fingerprint density at radius 1 is 1.07 bits per heavy atom. The molecular weight excluding hydrogens is 390 g/mol. The molecule has 0 saturated heterocycles. The van der Waals surface area contributed by atoms with Crippen molar-refractivity contribution in [2.75, 3.05) is 11.9 Å². The fourth-order valence-electron chi connectivity index (χ4n) is 2.77. The number of ether oxygens (including phenoxy) is 1. The van der Waals surface area contributed by atoms with E-state index in [2.05, 4.69) is 4.98 Å². The van der Waals surface area contributed by atoms with Crippen LogP contribution in [0.4, 0.5) is 10.8 Å². The van der Waals surface area contributed by atoms with Gasteiger partial charge in [-0.25, -0.2) is 4.98 Å². The molecule has 3 aromatic carbocycles. The molecule has 144 valence electrons. The molecule has 0 spiro atoms. The van der Waals surface area contributed by atoms with Crippen molar-refractivity contribution in [3.63, 3.8) is 0 Å². The van der Waals surface area contributed by atoms with E-state index in [-0.39, 0.29) is 17.0 Å². The molecule has 0 atom stereocenters. The first-order valence-corrected chi connectivity index (χ1v) is 9.49. The highest BCUT2D eigenvalue weighted by Gasteiger charge is 2.24. The average molecular weight is 405 g/mol. The van der Waals surface area contributed by atoms with Crippen molar-refractivity contribution in [3.05, 3.63) is 88.5 Å². The van der Waals surface area contributed by atoms with Gasteiger partial charge in [0.05, 0.1) is 20.7 Å². The normalized spacial score (nSPS) is 10.7. The number of amides is 1. The largest absolute Gasteiger partial charge is 0.457 e. The van der Waals surface area contributed by atoms with Crippen LogP contribution in [0.5, 0.6) is 11.5 Å². The summed E-state index contributed by atoms with van der Waals surface area (Å²) in [4.78, 5) is 29.7. The molecule has 7 nitrogen and oxygen atoms in total. The zero-order valence-electron chi connectivity index (χ0n) is 15.3. The summed E-state index contributed by atoms with van der Waals surface area (Å²) in [7, 11) is 1.59. The molecule has 0 fully saturated rings. The van der Waals surface area contributed by atoms with Crippen molar-refractivity contribution in [3.8, 4) is 11.5 Å². The van der Waals surface area contributed by atoms with Gasteiger partial charge in [-0.2, -0.15) is 0 Å². The molecule has 8 heteroatoms. The predicted molar refractivity (Wildman–Crippen MR) is 112 cm³/mol. The summed E-state index contributed by atoms with van der Waals surface area (Å²) in [5.74, 6) is 0.316. The lowest BCUT2D eigenvalue weighted by Gasteiger charge is -2.16. The van der Waals surface area contributed by atoms with Crippen LogP contribution >= 0.6 is 11.3 Å². The molecule has 0 unspecified atom stereocenters. The Bertz CT molecular complexity index is 1170. The van der Waals surface area contributed by atoms with Crippen LogP contribution in [0.1, 0.15) is 10.4 Å². The zero-order valence-corrected chi connectivity index (χ0v) is 16.1. The number of fused-ring (bicyclic) bond motifs is 1. The number of nitrogens with zero attached hydrogens (tertiary/aromatic N) is 3. The fraction of sp³-hybridized carbons (Fsp3) is 0.0476. The number of aromatic nitrogens is 1. The smallest absolute Gasteiger partial charge is 0.270 e. The third kappa shape index (κ3) is 3.78. The molecule has 1 amide bonds. The summed E-state index contributed by atoms with van der Waals surface area (Å²) in [5, 5.41) is 11.7. The molecule has 0 aliphatic rings. The van der Waals surface area contributed by atoms with Crippen molar-refractivity contribution < 1.29 is 14.5 Å². The first-order chi connectivity index (χ1) is 14.0. The maximum Gasteiger partial charge on any atom is 0.270 e. The van der Waals surface area contributed by atoms with Crippen LogP contribution in [0.3, 0.4) is 0 Å². The summed E-state index contributed by atoms with van der Waals surface area (Å²) in [5.41, 5.74) is 0.684. The van der Waals surface area contributed by atoms with Gasteiger partial charge in [-0.15, -0.1) is 0 Å². The van der Waals surface area contributed by atoms with Crippen LogP contribution in [0.15, 0.2) is 72.8 Å². The van der Waals surface area contributed by atoms with Gasteiger partial charge >= 0.3 is 0 Å². The number of hydrogen-bond acceptors (Lipinski definition) is 6. The monoisotopic (exact) mass is 405 g/mol. The van der Waals surface area contributed by atoms with Crippen molar-refractivity contribution in [2.45, 2.75) is 0 Å². The van der Waals surface area contributed by atoms with Gasteiger partial charge in [0, 0.05) is 19.2 Å². The third-order valence-corrected chi connectivity index (χ3v) is 5.36. The van der Waals surface area contributed by atoms with Gasteiger partial charge in [-0.1, -0.05) is 41.7 Å². The van der Waals surface area contributed by atoms with Gasteiger partial charge in [0.25, 0.3) is 11.6 Å². The fourth-order valence-corrected chi connectivity index (χ4v) is 3.70. The standard InChI is InChI=1S/C21H15N3O4S/c1-23(21-22-17-9-5-6-10-19(17)29-21)20(25)16-13-14(24(26)27)11-12-18(16)28-15-7-3-2-4-8-15/h2-13H,1H3. The number of hydrogen-bond donors (Lipinski definition) is 0. The highest BCUT2D eigenvalue weighted by Crippen LogP contribution is 2.33. The number of benzene rings is 3. The van der Waals surface area contributed by atoms with Crippen LogP contribution in [0.25, 0.3) is 10.2 Å². The summed E-state index contributed by atoms with van der Waals surface area (Å²) >= 11 is 1.37. The third-order valence-electron chi connectivity index (χ3n) is 4.25. The minimum Gasteiger partial charge on any atom is -0.457 e. The molecule has 29 heavy (non-hydrogen) atoms. The number of nitro benzene ring substituents is 1. The minimum absolute atomic E-state index is 0.0878. The van der Waals surface area contributed by atoms with E-state index in [0.717, 1.165) is 10.2 Å². The van der Waals surface area contributed by atoms with Crippen molar-refractivity contribution >= 4 is 38.3 Å². The van der Waals surface area contributed by atoms with Gasteiger partial charge in [-0.3, -0.25) is 19.8 Å². The second-order valence-electron chi connectivity index (χ2n) is 6.18. The number of para-hydroxylation sites is 2. The lowest BCUT2D eigenvalue weighted by atomic mass is 10.1. The topological polar surface area (TPSA) is 85.6 Å². The van der Waals surface area contributed by atoms with E-state index in [0.29, 0.717) is 10.9 Å². The number of thiazole rings is 1. The van der Waals surface area contributed by atoms with E-state index in [9.17, 15) is 14.9 Å². The van der Waals surface area contributed by atoms with Crippen LogP contribution in [-0.2, 0) is 0 Å². The molecule has 4 rings (SSSR count). The van der Waals surface area contributed by atoms with Crippen LogP contribution in [-0.4, -0.2) is 22.9 Å². The number of nitro groups is 1. The molecule has 4 aromatic rings. The van der Waals surface area contributed by atoms with E-state index in [4.69, 9.17) is 4.74 Å². The van der Waals surface area contributed by atoms with Crippen LogP contribution in [0, 0.1) is 10.1 Å². The Balaban J connectivity index is 1.73. The minimum atomic E-state index is -0.541. The summed E-state index contributed by atoms with van der Waals surface area (Å²) in [6.45, 7) is 0. The van der Waals surface area contributed by atoms with Gasteiger partial charge < -0.3 is 4.74 Å². The number of carbonyl (C=O) groups excluding carboxylic acids is 1. The average Bonchev–Trinajstić information content (AvgIpc) is 3.18. The first kappa shape index (κ1) is 18.6. The highest BCUT2D eigenvalue weighted by atomic mass is 32.1. The summed E-state index contributed by atoms with van der Waals surface area (Å²) in [6, 6.07) is 20.5. The Labute approximate surface area is 170 Å². The lowest BCUT2D eigenvalue weighted by molar-refractivity contribution is -0.384. The Kier molecular flexibility index (Phi) is 4.92. The molecule has 0 aliphatic carbocycles. The van der Waals surface area contributed by atoms with E-state index in [1.165, 1.54) is 34.4 Å². The number of non-ortho nitro benzene ring substituents is 1. The van der Waals surface area contributed by atoms with E-state index in [1.807, 2.05) is 30.3 Å². The number of rotatable bonds is 5. The Morgan fingerprint density at radius 3 is 2.52 bits per heavy atom. The van der Waals surface area contributed by atoms with E-state index in [1.54, 1.807) is 31.3 Å². The quantitative estimate of drug-likeness (QED) is 0.333. The molecule has 0 radical (unpaired) electrons. The molecule has 0 N–H and O–H groups in total. The van der Waals surface area contributed by atoms with Crippen LogP contribution in [0.2, 0.25) is 0 Å². The van der Waals surface area contributed by atoms with Crippen molar-refractivity contribution in [1.82, 2.24) is 4.98 Å². The van der Waals surface area contributed by atoms with Crippen LogP contribution < -0.4 is 9.64 Å². The Morgan fingerprint density at radius 2 is 1.79 bits per heavy atom. The van der Waals surface area contributed by atoms with E-state index >= 15 is 0 Å². The SMILES string of the molecule is CN(C(=O)c1cc([N+](=O)[O-])ccc1Oc1ccccc1)c1nc2ccccc2s1. The first-order valence-electron chi connectivity index (χ1n) is 8.68. The maximum atomic E-state index is 13.2. The molecular formula is C21H15N3O4S. The second kappa shape index (κ2) is 7.69. The summed E-state index contributed by atoms with van der Waals surface area (Å²) < 4.78 is 6.77. The number of anilines is 1. The molecule has 0 saturated carbocycles. The highest BCUT2D eigenvalue weighted by molar-refractivity contribution is 7.22. The van der Waals surface area contributed by atoms with Crippen molar-refractivity contribution in [1.29, 1.82) is 0 Å². The summed E-state index contributed by atoms with van der Waals surface area (Å²) in [6.07, 6.45) is 0. The number of carbonyl (C=O) groups is 1. The van der Waals surface area contributed by atoms with Crippen molar-refractivity contribution in [2.24, 2.45) is 0 Å². The predicted octanol–water partition coefficient (Wildman–Crippen LogP) is 5.27. The molecule has 0 aliphatic heterocycles. The molecule has 1 aromatic heterocycles. The van der Waals surface area contributed by atoms with Gasteiger partial charge in [0.1, 0.15) is 11.5 Å². The van der Waals surface area contributed by atoms with Gasteiger partial charge in [-0.05, 0) is 30.3 Å².